The van der Waals surface area contributed by atoms with Crippen LogP contribution in [0.4, 0.5) is 0 Å². The van der Waals surface area contributed by atoms with E-state index in [2.05, 4.69) is 20.8 Å². The van der Waals surface area contributed by atoms with E-state index in [1.54, 1.807) is 0 Å². The van der Waals surface area contributed by atoms with Crippen molar-refractivity contribution in [1.29, 1.82) is 0 Å². The van der Waals surface area contributed by atoms with Crippen molar-refractivity contribution in [2.45, 2.75) is 64.3 Å². The van der Waals surface area contributed by atoms with Gasteiger partial charge in [-0.25, -0.2) is 0 Å². The van der Waals surface area contributed by atoms with Crippen LogP contribution in [0.3, 0.4) is 0 Å². The molecule has 4 nitrogen and oxygen atoms in total. The molecule has 0 aliphatic heterocycles. The molecule has 0 bridgehead atoms. The number of nitrogens with zero attached hydrogens (tertiary/aromatic N) is 1. The number of amides is 1. The predicted octanol–water partition coefficient (Wildman–Crippen LogP) is 3.93. The summed E-state index contributed by atoms with van der Waals surface area (Å²) in [5, 5.41) is 0. The number of carbonyl (C=O) groups is 2. The van der Waals surface area contributed by atoms with Gasteiger partial charge in [0, 0.05) is 18.2 Å². The summed E-state index contributed by atoms with van der Waals surface area (Å²) in [6.07, 6.45) is 4.59. The Morgan fingerprint density at radius 2 is 1.71 bits per heavy atom. The summed E-state index contributed by atoms with van der Waals surface area (Å²) in [6, 6.07) is 8.11. The maximum absolute atomic E-state index is 13.0. The molecule has 1 amide bonds. The van der Waals surface area contributed by atoms with Crippen molar-refractivity contribution in [3.8, 4) is 0 Å². The SMILES string of the molecule is COC(=O)CCN(C(=O)c1ccc(C(C)(C)C)cc1)C1CCCC1. The topological polar surface area (TPSA) is 46.6 Å². The van der Waals surface area contributed by atoms with E-state index in [0.717, 1.165) is 25.7 Å². The lowest BCUT2D eigenvalue weighted by atomic mass is 9.86. The number of benzene rings is 1. The van der Waals surface area contributed by atoms with Crippen molar-refractivity contribution in [2.75, 3.05) is 13.7 Å². The second-order valence-electron chi connectivity index (χ2n) is 7.59. The Balaban J connectivity index is 2.15. The monoisotopic (exact) mass is 331 g/mol. The number of carbonyl (C=O) groups excluding carboxylic acids is 2. The first-order chi connectivity index (χ1) is 11.3. The lowest BCUT2D eigenvalue weighted by Gasteiger charge is -2.29. The number of ether oxygens (including phenoxy) is 1. The molecule has 1 saturated carbocycles. The molecule has 0 atom stereocenters. The fraction of sp³-hybridized carbons (Fsp3) is 0.600. The maximum atomic E-state index is 13.0. The van der Waals surface area contributed by atoms with Gasteiger partial charge in [0.05, 0.1) is 13.5 Å². The highest BCUT2D eigenvalue weighted by Crippen LogP contribution is 2.26. The average molecular weight is 331 g/mol. The van der Waals surface area contributed by atoms with E-state index in [4.69, 9.17) is 4.74 Å². The number of hydrogen-bond donors (Lipinski definition) is 0. The standard InChI is InChI=1S/C20H29NO3/c1-20(2,3)16-11-9-15(10-12-16)19(23)21(14-13-18(22)24-4)17-7-5-6-8-17/h9-12,17H,5-8,13-14H2,1-4H3. The van der Waals surface area contributed by atoms with E-state index in [0.29, 0.717) is 12.1 Å². The molecule has 1 aliphatic carbocycles. The molecule has 0 aromatic heterocycles. The molecule has 2 rings (SSSR count). The summed E-state index contributed by atoms with van der Waals surface area (Å²) < 4.78 is 4.72. The highest BCUT2D eigenvalue weighted by Gasteiger charge is 2.28. The Morgan fingerprint density at radius 1 is 1.12 bits per heavy atom. The molecule has 1 aromatic rings. The minimum atomic E-state index is -0.270. The highest BCUT2D eigenvalue weighted by atomic mass is 16.5. The lowest BCUT2D eigenvalue weighted by molar-refractivity contribution is -0.140. The van der Waals surface area contributed by atoms with Crippen molar-refractivity contribution in [2.24, 2.45) is 0 Å². The van der Waals surface area contributed by atoms with E-state index >= 15 is 0 Å². The summed E-state index contributed by atoms with van der Waals surface area (Å²) in [5.41, 5.74) is 1.97. The number of rotatable bonds is 5. The molecule has 1 aliphatic rings. The minimum absolute atomic E-state index is 0.0197. The van der Waals surface area contributed by atoms with Crippen molar-refractivity contribution in [1.82, 2.24) is 4.90 Å². The molecular formula is C20H29NO3. The third-order valence-corrected chi connectivity index (χ3v) is 4.81. The highest BCUT2D eigenvalue weighted by molar-refractivity contribution is 5.94. The van der Waals surface area contributed by atoms with E-state index in [-0.39, 0.29) is 29.8 Å². The second-order valence-corrected chi connectivity index (χ2v) is 7.59. The van der Waals surface area contributed by atoms with Crippen LogP contribution in [0.1, 0.15) is 68.8 Å². The molecule has 132 valence electrons. The summed E-state index contributed by atoms with van der Waals surface area (Å²) in [6.45, 7) is 6.90. The number of hydrogen-bond acceptors (Lipinski definition) is 3. The quantitative estimate of drug-likeness (QED) is 0.768. The minimum Gasteiger partial charge on any atom is -0.469 e. The van der Waals surface area contributed by atoms with Crippen LogP contribution in [0.15, 0.2) is 24.3 Å². The number of methoxy groups -OCH3 is 1. The third-order valence-electron chi connectivity index (χ3n) is 4.81. The molecule has 0 saturated heterocycles. The fourth-order valence-electron chi connectivity index (χ4n) is 3.26. The third kappa shape index (κ3) is 4.59. The van der Waals surface area contributed by atoms with Gasteiger partial charge in [-0.3, -0.25) is 9.59 Å². The zero-order chi connectivity index (χ0) is 17.7. The van der Waals surface area contributed by atoms with Gasteiger partial charge in [0.2, 0.25) is 0 Å². The Morgan fingerprint density at radius 3 is 2.21 bits per heavy atom. The van der Waals surface area contributed by atoms with Gasteiger partial charge < -0.3 is 9.64 Å². The average Bonchev–Trinajstić information content (AvgIpc) is 3.08. The van der Waals surface area contributed by atoms with Crippen LogP contribution in [0.2, 0.25) is 0 Å². The summed E-state index contributed by atoms with van der Waals surface area (Å²) >= 11 is 0. The van der Waals surface area contributed by atoms with Crippen LogP contribution < -0.4 is 0 Å². The Labute approximate surface area is 145 Å². The van der Waals surface area contributed by atoms with Gasteiger partial charge in [0.25, 0.3) is 5.91 Å². The maximum Gasteiger partial charge on any atom is 0.307 e. The van der Waals surface area contributed by atoms with E-state index in [1.165, 1.54) is 12.7 Å². The molecule has 0 heterocycles. The molecule has 0 N–H and O–H groups in total. The molecule has 1 fully saturated rings. The zero-order valence-corrected chi connectivity index (χ0v) is 15.3. The molecule has 4 heteroatoms. The predicted molar refractivity (Wildman–Crippen MR) is 95.1 cm³/mol. The van der Waals surface area contributed by atoms with Crippen molar-refractivity contribution >= 4 is 11.9 Å². The van der Waals surface area contributed by atoms with E-state index < -0.39 is 0 Å². The Bertz CT molecular complexity index is 566. The van der Waals surface area contributed by atoms with Crippen molar-refractivity contribution < 1.29 is 14.3 Å². The van der Waals surface area contributed by atoms with Gasteiger partial charge in [-0.05, 0) is 36.0 Å². The molecule has 0 radical (unpaired) electrons. The van der Waals surface area contributed by atoms with Crippen LogP contribution in [0, 0.1) is 0 Å². The van der Waals surface area contributed by atoms with Gasteiger partial charge >= 0.3 is 5.97 Å². The van der Waals surface area contributed by atoms with Crippen LogP contribution in [0.5, 0.6) is 0 Å². The fourth-order valence-corrected chi connectivity index (χ4v) is 3.26. The molecule has 1 aromatic carbocycles. The van der Waals surface area contributed by atoms with Gasteiger partial charge in [0.1, 0.15) is 0 Å². The van der Waals surface area contributed by atoms with Gasteiger partial charge in [-0.2, -0.15) is 0 Å². The van der Waals surface area contributed by atoms with Crippen LogP contribution in [0.25, 0.3) is 0 Å². The van der Waals surface area contributed by atoms with Gasteiger partial charge in [0.15, 0.2) is 0 Å². The molecule has 0 spiro atoms. The Hall–Kier alpha value is -1.84. The largest absolute Gasteiger partial charge is 0.469 e. The Kier molecular flexibility index (Phi) is 6.03. The molecule has 24 heavy (non-hydrogen) atoms. The number of esters is 1. The van der Waals surface area contributed by atoms with Crippen LogP contribution >= 0.6 is 0 Å². The smallest absolute Gasteiger partial charge is 0.307 e. The van der Waals surface area contributed by atoms with Crippen LogP contribution in [-0.4, -0.2) is 36.5 Å². The van der Waals surface area contributed by atoms with Gasteiger partial charge in [-0.1, -0.05) is 45.7 Å². The van der Waals surface area contributed by atoms with Crippen LogP contribution in [-0.2, 0) is 14.9 Å². The lowest BCUT2D eigenvalue weighted by Crippen LogP contribution is -2.40. The summed E-state index contributed by atoms with van der Waals surface area (Å²) in [4.78, 5) is 26.3. The molecule has 0 unspecified atom stereocenters. The van der Waals surface area contributed by atoms with E-state index in [1.807, 2.05) is 29.2 Å². The van der Waals surface area contributed by atoms with E-state index in [9.17, 15) is 9.59 Å². The first-order valence-electron chi connectivity index (χ1n) is 8.81. The van der Waals surface area contributed by atoms with Crippen molar-refractivity contribution in [3.63, 3.8) is 0 Å². The zero-order valence-electron chi connectivity index (χ0n) is 15.3. The summed E-state index contributed by atoms with van der Waals surface area (Å²) in [7, 11) is 1.38. The second kappa shape index (κ2) is 7.82. The first-order valence-corrected chi connectivity index (χ1v) is 8.81. The first kappa shape index (κ1) is 18.5. The normalized spacial score (nSPS) is 15.3. The van der Waals surface area contributed by atoms with Gasteiger partial charge in [-0.15, -0.1) is 0 Å². The van der Waals surface area contributed by atoms with Crippen molar-refractivity contribution in [3.05, 3.63) is 35.4 Å². The molecular weight excluding hydrogens is 302 g/mol. The summed E-state index contributed by atoms with van der Waals surface area (Å²) in [5.74, 6) is -0.250.